The first-order chi connectivity index (χ1) is 9.58. The van der Waals surface area contributed by atoms with E-state index in [4.69, 9.17) is 5.11 Å². The van der Waals surface area contributed by atoms with Crippen LogP contribution in [-0.4, -0.2) is 41.0 Å². The zero-order valence-corrected chi connectivity index (χ0v) is 13.5. The molecule has 0 saturated carbocycles. The van der Waals surface area contributed by atoms with Gasteiger partial charge < -0.3 is 15.5 Å². The topological polar surface area (TPSA) is 52.5 Å². The molecule has 0 spiro atoms. The van der Waals surface area contributed by atoms with Gasteiger partial charge in [-0.2, -0.15) is 11.8 Å². The van der Waals surface area contributed by atoms with Crippen LogP contribution in [0.1, 0.15) is 43.9 Å². The summed E-state index contributed by atoms with van der Waals surface area (Å²) in [5, 5.41) is 21.7. The third-order valence-electron chi connectivity index (χ3n) is 3.26. The lowest BCUT2D eigenvalue weighted by atomic mass is 9.99. The normalized spacial score (nSPS) is 14.5. The first kappa shape index (κ1) is 17.5. The molecule has 2 unspecified atom stereocenters. The van der Waals surface area contributed by atoms with Gasteiger partial charge in [-0.25, -0.2) is 0 Å². The van der Waals surface area contributed by atoms with Crippen LogP contribution in [0.15, 0.2) is 24.3 Å². The van der Waals surface area contributed by atoms with Gasteiger partial charge in [0.1, 0.15) is 0 Å². The van der Waals surface area contributed by atoms with Crippen molar-refractivity contribution in [1.29, 1.82) is 0 Å². The second kappa shape index (κ2) is 9.40. The molecule has 2 atom stereocenters. The second-order valence-electron chi connectivity index (χ2n) is 5.31. The minimum atomic E-state index is -0.620. The summed E-state index contributed by atoms with van der Waals surface area (Å²) in [6.45, 7) is 7.25. The van der Waals surface area contributed by atoms with Gasteiger partial charge in [0.25, 0.3) is 0 Å². The number of hydrogen-bond donors (Lipinski definition) is 3. The summed E-state index contributed by atoms with van der Waals surface area (Å²) in [5.41, 5.74) is 2.63. The monoisotopic (exact) mass is 297 g/mol. The fourth-order valence-electron chi connectivity index (χ4n) is 2.01. The summed E-state index contributed by atoms with van der Waals surface area (Å²) in [6, 6.07) is 9.05. The largest absolute Gasteiger partial charge is 0.394 e. The molecular formula is C16H27NO2S. The van der Waals surface area contributed by atoms with E-state index in [2.05, 4.69) is 50.4 Å². The molecule has 1 aromatic rings. The summed E-state index contributed by atoms with van der Waals surface area (Å²) < 4.78 is 0. The third-order valence-corrected chi connectivity index (χ3v) is 4.45. The van der Waals surface area contributed by atoms with Gasteiger partial charge in [-0.3, -0.25) is 0 Å². The smallest absolute Gasteiger partial charge is 0.0861 e. The van der Waals surface area contributed by atoms with E-state index in [1.54, 1.807) is 11.8 Å². The van der Waals surface area contributed by atoms with E-state index in [1.807, 2.05) is 0 Å². The maximum absolute atomic E-state index is 9.38. The highest BCUT2D eigenvalue weighted by Gasteiger charge is 2.12. The minimum Gasteiger partial charge on any atom is -0.394 e. The number of benzene rings is 1. The van der Waals surface area contributed by atoms with E-state index in [0.29, 0.717) is 11.7 Å². The number of nitrogens with one attached hydrogen (secondary N) is 1. The van der Waals surface area contributed by atoms with E-state index in [-0.39, 0.29) is 12.6 Å². The van der Waals surface area contributed by atoms with E-state index in [0.717, 1.165) is 12.3 Å². The van der Waals surface area contributed by atoms with Gasteiger partial charge in [0, 0.05) is 17.5 Å². The summed E-state index contributed by atoms with van der Waals surface area (Å²) >= 11 is 1.67. The zero-order chi connectivity index (χ0) is 15.0. The van der Waals surface area contributed by atoms with Crippen molar-refractivity contribution in [2.45, 2.75) is 38.8 Å². The molecule has 114 valence electrons. The van der Waals surface area contributed by atoms with Gasteiger partial charge in [0.15, 0.2) is 0 Å². The highest BCUT2D eigenvalue weighted by Crippen LogP contribution is 2.22. The lowest BCUT2D eigenvalue weighted by Gasteiger charge is -2.19. The molecule has 0 aromatic heterocycles. The Labute approximate surface area is 126 Å². The van der Waals surface area contributed by atoms with Crippen LogP contribution in [0.2, 0.25) is 0 Å². The Kier molecular flexibility index (Phi) is 8.22. The van der Waals surface area contributed by atoms with Crippen molar-refractivity contribution in [3.63, 3.8) is 0 Å². The van der Waals surface area contributed by atoms with Crippen LogP contribution in [0.25, 0.3) is 0 Å². The van der Waals surface area contributed by atoms with Gasteiger partial charge in [0.2, 0.25) is 0 Å². The molecular weight excluding hydrogens is 270 g/mol. The van der Waals surface area contributed by atoms with E-state index in [1.165, 1.54) is 11.1 Å². The number of aliphatic hydroxyl groups is 2. The van der Waals surface area contributed by atoms with Crippen LogP contribution in [0.4, 0.5) is 0 Å². The van der Waals surface area contributed by atoms with Crippen LogP contribution >= 0.6 is 11.8 Å². The van der Waals surface area contributed by atoms with Crippen molar-refractivity contribution in [2.75, 3.05) is 24.7 Å². The van der Waals surface area contributed by atoms with Crippen molar-refractivity contribution in [1.82, 2.24) is 5.32 Å². The summed E-state index contributed by atoms with van der Waals surface area (Å²) in [6.07, 6.45) is -0.620. The van der Waals surface area contributed by atoms with Gasteiger partial charge in [-0.05, 0) is 23.6 Å². The van der Waals surface area contributed by atoms with E-state index in [9.17, 15) is 5.11 Å². The molecule has 0 heterocycles. The number of rotatable bonds is 9. The summed E-state index contributed by atoms with van der Waals surface area (Å²) in [4.78, 5) is 0. The first-order valence-corrected chi connectivity index (χ1v) is 8.43. The second-order valence-corrected chi connectivity index (χ2v) is 6.38. The number of thioether (sulfide) groups is 1. The van der Waals surface area contributed by atoms with Gasteiger partial charge in [-0.1, -0.05) is 45.0 Å². The Bertz CT molecular complexity index is 367. The number of hydrogen-bond acceptors (Lipinski definition) is 4. The Hall–Kier alpha value is -0.550. The maximum Gasteiger partial charge on any atom is 0.0861 e. The molecule has 20 heavy (non-hydrogen) atoms. The van der Waals surface area contributed by atoms with Crippen LogP contribution in [0, 0.1) is 0 Å². The molecule has 0 aliphatic carbocycles. The van der Waals surface area contributed by atoms with Crippen molar-refractivity contribution in [3.8, 4) is 0 Å². The Morgan fingerprint density at radius 2 is 1.70 bits per heavy atom. The van der Waals surface area contributed by atoms with Crippen molar-refractivity contribution in [3.05, 3.63) is 35.4 Å². The molecule has 0 bridgehead atoms. The molecule has 1 rings (SSSR count). The molecule has 1 aromatic carbocycles. The van der Waals surface area contributed by atoms with E-state index < -0.39 is 6.10 Å². The van der Waals surface area contributed by atoms with E-state index >= 15 is 0 Å². The quantitative estimate of drug-likeness (QED) is 0.656. The fourth-order valence-corrected chi connectivity index (χ4v) is 3.07. The highest BCUT2D eigenvalue weighted by atomic mass is 32.2. The van der Waals surface area contributed by atoms with Gasteiger partial charge in [0.05, 0.1) is 12.7 Å². The molecule has 4 heteroatoms. The predicted molar refractivity (Wildman–Crippen MR) is 87.4 cm³/mol. The highest BCUT2D eigenvalue weighted by molar-refractivity contribution is 7.99. The molecule has 0 radical (unpaired) electrons. The third kappa shape index (κ3) is 5.83. The first-order valence-electron chi connectivity index (χ1n) is 7.28. The predicted octanol–water partition coefficient (Wildman–Crippen LogP) is 2.55. The summed E-state index contributed by atoms with van der Waals surface area (Å²) in [5.74, 6) is 2.02. The Balaban J connectivity index is 2.60. The average Bonchev–Trinajstić information content (AvgIpc) is 2.46. The molecule has 3 nitrogen and oxygen atoms in total. The van der Waals surface area contributed by atoms with Crippen LogP contribution in [-0.2, 0) is 0 Å². The molecule has 0 fully saturated rings. The molecule has 0 aliphatic heterocycles. The van der Waals surface area contributed by atoms with Crippen molar-refractivity contribution >= 4 is 11.8 Å². The molecule has 0 saturated heterocycles. The van der Waals surface area contributed by atoms with Crippen molar-refractivity contribution < 1.29 is 10.2 Å². The maximum atomic E-state index is 9.38. The Morgan fingerprint density at radius 3 is 2.20 bits per heavy atom. The average molecular weight is 297 g/mol. The lowest BCUT2D eigenvalue weighted by molar-refractivity contribution is 0.113. The lowest BCUT2D eigenvalue weighted by Crippen LogP contribution is -2.24. The molecule has 0 aliphatic rings. The van der Waals surface area contributed by atoms with Crippen LogP contribution < -0.4 is 5.32 Å². The SMILES string of the molecule is CCNC(CSCC(O)CO)c1ccc(C(C)C)cc1. The van der Waals surface area contributed by atoms with Crippen LogP contribution in [0.5, 0.6) is 0 Å². The standard InChI is InChI=1S/C16H27NO2S/c1-4-17-16(11-20-10-15(19)9-18)14-7-5-13(6-8-14)12(2)3/h5-8,12,15-19H,4,9-11H2,1-3H3. The van der Waals surface area contributed by atoms with Crippen molar-refractivity contribution in [2.24, 2.45) is 0 Å². The number of aliphatic hydroxyl groups excluding tert-OH is 2. The molecule has 3 N–H and O–H groups in total. The fraction of sp³-hybridized carbons (Fsp3) is 0.625. The van der Waals surface area contributed by atoms with Gasteiger partial charge >= 0.3 is 0 Å². The Morgan fingerprint density at radius 1 is 1.10 bits per heavy atom. The minimum absolute atomic E-state index is 0.165. The van der Waals surface area contributed by atoms with Gasteiger partial charge in [-0.15, -0.1) is 0 Å². The molecule has 0 amide bonds. The summed E-state index contributed by atoms with van der Waals surface area (Å²) in [7, 11) is 0. The zero-order valence-electron chi connectivity index (χ0n) is 12.7. The van der Waals surface area contributed by atoms with Crippen LogP contribution in [0.3, 0.4) is 0 Å².